The third-order valence-electron chi connectivity index (χ3n) is 3.45. The number of fused-ring (bicyclic) bond motifs is 1. The van der Waals surface area contributed by atoms with Crippen molar-refractivity contribution in [3.05, 3.63) is 50.8 Å². The number of rotatable bonds is 2. The molecule has 1 aliphatic heterocycles. The van der Waals surface area contributed by atoms with Gasteiger partial charge in [0.05, 0.1) is 15.9 Å². The molecule has 0 spiro atoms. The first-order valence-electron chi connectivity index (χ1n) is 6.79. The van der Waals surface area contributed by atoms with Crippen LogP contribution in [-0.4, -0.2) is 14.8 Å². The normalized spacial score (nSPS) is 17.8. The van der Waals surface area contributed by atoms with Crippen molar-refractivity contribution in [2.75, 3.05) is 0 Å². The lowest BCUT2D eigenvalue weighted by atomic mass is 10.1. The van der Waals surface area contributed by atoms with Crippen molar-refractivity contribution in [3.63, 3.8) is 0 Å². The van der Waals surface area contributed by atoms with Gasteiger partial charge in [0, 0.05) is 11.1 Å². The Kier molecular flexibility index (Phi) is 3.71. The summed E-state index contributed by atoms with van der Waals surface area (Å²) in [6.07, 6.45) is 0. The lowest BCUT2D eigenvalue weighted by Gasteiger charge is -2.22. The maximum atomic E-state index is 12.4. The van der Waals surface area contributed by atoms with E-state index in [0.717, 1.165) is 16.4 Å². The van der Waals surface area contributed by atoms with E-state index in [0.29, 0.717) is 10.6 Å². The summed E-state index contributed by atoms with van der Waals surface area (Å²) in [5.74, 6) is 0.719. The molecule has 0 saturated heterocycles. The van der Waals surface area contributed by atoms with Crippen LogP contribution in [0, 0.1) is 0 Å². The van der Waals surface area contributed by atoms with Gasteiger partial charge in [-0.05, 0) is 32.4 Å². The molecule has 0 bridgehead atoms. The Balaban J connectivity index is 2.23. The molecule has 1 aromatic heterocycles. The van der Waals surface area contributed by atoms with Gasteiger partial charge in [-0.25, -0.2) is 4.99 Å². The van der Waals surface area contributed by atoms with Crippen LogP contribution in [-0.2, 0) is 0 Å². The highest BCUT2D eigenvalue weighted by Gasteiger charge is 2.31. The number of nitrogens with zero attached hydrogens (tertiary/aromatic N) is 2. The van der Waals surface area contributed by atoms with Crippen LogP contribution in [0.4, 0.5) is 5.82 Å². The first-order chi connectivity index (χ1) is 9.99. The molecule has 2 heterocycles. The molecular weight excluding hydrogens is 306 g/mol. The van der Waals surface area contributed by atoms with Crippen molar-refractivity contribution in [3.8, 4) is 0 Å². The minimum Gasteiger partial charge on any atom is -0.268 e. The summed E-state index contributed by atoms with van der Waals surface area (Å²) in [7, 11) is 0. The molecule has 2 aromatic rings. The molecule has 0 aliphatic carbocycles. The van der Waals surface area contributed by atoms with E-state index in [4.69, 9.17) is 11.6 Å². The molecule has 1 aromatic carbocycles. The smallest absolute Gasteiger partial charge is 0.268 e. The highest BCUT2D eigenvalue weighted by atomic mass is 35.5. The van der Waals surface area contributed by atoms with Gasteiger partial charge in [-0.2, -0.15) is 0 Å². The van der Waals surface area contributed by atoms with Crippen molar-refractivity contribution in [2.45, 2.75) is 32.1 Å². The molecule has 0 radical (unpaired) electrons. The number of H-pyrrole nitrogens is 1. The van der Waals surface area contributed by atoms with E-state index >= 15 is 0 Å². The minimum absolute atomic E-state index is 0.0904. The Labute approximate surface area is 132 Å². The van der Waals surface area contributed by atoms with Crippen molar-refractivity contribution in [2.24, 2.45) is 4.99 Å². The van der Waals surface area contributed by atoms with Crippen molar-refractivity contribution in [1.29, 1.82) is 0 Å². The van der Waals surface area contributed by atoms with Gasteiger partial charge in [0.15, 0.2) is 5.82 Å². The molecule has 1 aliphatic rings. The molecule has 3 rings (SSSR count). The van der Waals surface area contributed by atoms with E-state index in [-0.39, 0.29) is 16.9 Å². The maximum Gasteiger partial charge on any atom is 0.271 e. The standard InChI is InChI=1S/C15H16ClN3OS/c1-8(2)19-14-12(15(20)18-19)13(21-9(3)17-14)10-6-4-5-7-11(10)16/h4-8,13H,1-3H3,(H,18,20)/t13-/m0/s1. The van der Waals surface area contributed by atoms with Crippen LogP contribution < -0.4 is 5.56 Å². The number of halogens is 1. The number of hydrogen-bond donors (Lipinski definition) is 1. The number of nitrogens with one attached hydrogen (secondary N) is 1. The summed E-state index contributed by atoms with van der Waals surface area (Å²) in [4.78, 5) is 17.0. The van der Waals surface area contributed by atoms with E-state index < -0.39 is 0 Å². The molecule has 1 N–H and O–H groups in total. The maximum absolute atomic E-state index is 12.4. The third-order valence-corrected chi connectivity index (χ3v) is 4.96. The second kappa shape index (κ2) is 5.39. The van der Waals surface area contributed by atoms with Crippen molar-refractivity contribution < 1.29 is 0 Å². The van der Waals surface area contributed by atoms with E-state index in [1.165, 1.54) is 0 Å². The largest absolute Gasteiger partial charge is 0.271 e. The number of benzene rings is 1. The Morgan fingerprint density at radius 1 is 1.38 bits per heavy atom. The molecule has 0 amide bonds. The van der Waals surface area contributed by atoms with Gasteiger partial charge in [-0.15, -0.1) is 0 Å². The molecule has 21 heavy (non-hydrogen) atoms. The summed E-state index contributed by atoms with van der Waals surface area (Å²) in [5, 5.41) is 4.38. The van der Waals surface area contributed by atoms with E-state index in [1.807, 2.05) is 49.7 Å². The van der Waals surface area contributed by atoms with Crippen LogP contribution in [0.3, 0.4) is 0 Å². The van der Waals surface area contributed by atoms with Crippen molar-refractivity contribution >= 4 is 34.2 Å². The minimum atomic E-state index is -0.116. The predicted octanol–water partition coefficient (Wildman–Crippen LogP) is 4.30. The van der Waals surface area contributed by atoms with Gasteiger partial charge < -0.3 is 0 Å². The van der Waals surface area contributed by atoms with E-state index in [1.54, 1.807) is 11.8 Å². The number of aromatic nitrogens is 2. The zero-order valence-electron chi connectivity index (χ0n) is 12.1. The van der Waals surface area contributed by atoms with Gasteiger partial charge in [0.2, 0.25) is 0 Å². The fraction of sp³-hybridized carbons (Fsp3) is 0.333. The molecule has 1 atom stereocenters. The second-order valence-electron chi connectivity index (χ2n) is 5.29. The second-order valence-corrected chi connectivity index (χ2v) is 7.00. The van der Waals surface area contributed by atoms with E-state index in [9.17, 15) is 4.79 Å². The zero-order chi connectivity index (χ0) is 15.1. The monoisotopic (exact) mass is 321 g/mol. The average molecular weight is 322 g/mol. The number of aliphatic imine (C=N–C) groups is 1. The summed E-state index contributed by atoms with van der Waals surface area (Å²) >= 11 is 7.89. The Hall–Kier alpha value is -1.46. The topological polar surface area (TPSA) is 50.1 Å². The van der Waals surface area contributed by atoms with Crippen LogP contribution in [0.1, 0.15) is 43.2 Å². The highest BCUT2D eigenvalue weighted by molar-refractivity contribution is 8.14. The van der Waals surface area contributed by atoms with Gasteiger partial charge in [-0.1, -0.05) is 41.6 Å². The molecule has 110 valence electrons. The average Bonchev–Trinajstić information content (AvgIpc) is 2.76. The van der Waals surface area contributed by atoms with Gasteiger partial charge in [-0.3, -0.25) is 14.6 Å². The number of hydrogen-bond acceptors (Lipinski definition) is 3. The number of aromatic amines is 1. The molecule has 6 heteroatoms. The van der Waals surface area contributed by atoms with Gasteiger partial charge in [0.25, 0.3) is 5.56 Å². The first-order valence-corrected chi connectivity index (χ1v) is 8.05. The molecule has 4 nitrogen and oxygen atoms in total. The van der Waals surface area contributed by atoms with Crippen LogP contribution in [0.5, 0.6) is 0 Å². The Morgan fingerprint density at radius 2 is 2.10 bits per heavy atom. The fourth-order valence-electron chi connectivity index (χ4n) is 2.49. The van der Waals surface area contributed by atoms with E-state index in [2.05, 4.69) is 10.1 Å². The zero-order valence-corrected chi connectivity index (χ0v) is 13.6. The molecular formula is C15H16ClN3OS. The van der Waals surface area contributed by atoms with Crippen LogP contribution in [0.15, 0.2) is 34.1 Å². The summed E-state index contributed by atoms with van der Waals surface area (Å²) in [6, 6.07) is 7.80. The van der Waals surface area contributed by atoms with Gasteiger partial charge >= 0.3 is 0 Å². The summed E-state index contributed by atoms with van der Waals surface area (Å²) in [6.45, 7) is 6.00. The summed E-state index contributed by atoms with van der Waals surface area (Å²) < 4.78 is 1.82. The third kappa shape index (κ3) is 2.45. The first kappa shape index (κ1) is 14.5. The molecule has 0 unspecified atom stereocenters. The number of thioether (sulfide) groups is 1. The predicted molar refractivity (Wildman–Crippen MR) is 89.1 cm³/mol. The Morgan fingerprint density at radius 3 is 2.76 bits per heavy atom. The highest BCUT2D eigenvalue weighted by Crippen LogP contribution is 2.45. The quantitative estimate of drug-likeness (QED) is 0.896. The lowest BCUT2D eigenvalue weighted by molar-refractivity contribution is 0.533. The SMILES string of the molecule is CC1=Nc2c(c(=O)[nH]n2C(C)C)[C@H](c2ccccc2Cl)S1. The van der Waals surface area contributed by atoms with Crippen LogP contribution in [0.2, 0.25) is 5.02 Å². The van der Waals surface area contributed by atoms with Crippen LogP contribution >= 0.6 is 23.4 Å². The molecule has 0 saturated carbocycles. The van der Waals surface area contributed by atoms with Gasteiger partial charge in [0.1, 0.15) is 0 Å². The Bertz CT molecular complexity index is 775. The fourth-order valence-corrected chi connectivity index (χ4v) is 3.94. The summed E-state index contributed by atoms with van der Waals surface area (Å²) in [5.41, 5.74) is 1.55. The lowest BCUT2D eigenvalue weighted by Crippen LogP contribution is -2.13. The van der Waals surface area contributed by atoms with Crippen LogP contribution in [0.25, 0.3) is 0 Å². The van der Waals surface area contributed by atoms with Crippen molar-refractivity contribution in [1.82, 2.24) is 9.78 Å². The molecule has 0 fully saturated rings.